The Bertz CT molecular complexity index is 496. The Labute approximate surface area is 129 Å². The van der Waals surface area contributed by atoms with Gasteiger partial charge in [0.15, 0.2) is 0 Å². The number of aromatic nitrogens is 2. The fourth-order valence-corrected chi connectivity index (χ4v) is 2.26. The van der Waals surface area contributed by atoms with Crippen LogP contribution in [0.4, 0.5) is 10.7 Å². The summed E-state index contributed by atoms with van der Waals surface area (Å²) in [6.45, 7) is 6.93. The number of rotatable bonds is 2. The summed E-state index contributed by atoms with van der Waals surface area (Å²) in [5.41, 5.74) is -0.458. The summed E-state index contributed by atoms with van der Waals surface area (Å²) in [4.78, 5) is 21.9. The first-order chi connectivity index (χ1) is 9.83. The highest BCUT2D eigenvalue weighted by atomic mass is 35.5. The van der Waals surface area contributed by atoms with Gasteiger partial charge in [-0.15, -0.1) is 0 Å². The maximum atomic E-state index is 12.0. The standard InChI is InChI=1S/C14H21ClN4O2/c1-14(2,3)21-13(20)19-8-5-10(6-9-19)17-12-16-7-4-11(15)18-12/h4,7,10H,5-6,8-9H2,1-3H3,(H,16,17,18). The van der Waals surface area contributed by atoms with Gasteiger partial charge in [0, 0.05) is 25.3 Å². The second-order valence-electron chi connectivity index (χ2n) is 6.09. The van der Waals surface area contributed by atoms with Gasteiger partial charge in [-0.2, -0.15) is 0 Å². The molecule has 1 aliphatic rings. The molecule has 21 heavy (non-hydrogen) atoms. The molecule has 0 atom stereocenters. The number of nitrogens with zero attached hydrogens (tertiary/aromatic N) is 3. The van der Waals surface area contributed by atoms with Crippen molar-refractivity contribution in [1.29, 1.82) is 0 Å². The van der Waals surface area contributed by atoms with Crippen molar-refractivity contribution in [2.45, 2.75) is 45.3 Å². The van der Waals surface area contributed by atoms with E-state index in [-0.39, 0.29) is 12.1 Å². The van der Waals surface area contributed by atoms with Crippen LogP contribution in [0.2, 0.25) is 5.15 Å². The van der Waals surface area contributed by atoms with E-state index in [0.717, 1.165) is 12.8 Å². The van der Waals surface area contributed by atoms with Gasteiger partial charge >= 0.3 is 6.09 Å². The molecule has 6 nitrogen and oxygen atoms in total. The average Bonchev–Trinajstić information content (AvgIpc) is 2.37. The van der Waals surface area contributed by atoms with Gasteiger partial charge in [-0.05, 0) is 39.7 Å². The van der Waals surface area contributed by atoms with Gasteiger partial charge in [0.2, 0.25) is 5.95 Å². The summed E-state index contributed by atoms with van der Waals surface area (Å²) >= 11 is 5.83. The summed E-state index contributed by atoms with van der Waals surface area (Å²) < 4.78 is 5.37. The zero-order chi connectivity index (χ0) is 15.5. The number of ether oxygens (including phenoxy) is 1. The predicted octanol–water partition coefficient (Wildman–Crippen LogP) is 2.94. The van der Waals surface area contributed by atoms with E-state index in [1.54, 1.807) is 17.2 Å². The predicted molar refractivity (Wildman–Crippen MR) is 81.5 cm³/mol. The quantitative estimate of drug-likeness (QED) is 0.850. The molecule has 1 amide bonds. The van der Waals surface area contributed by atoms with Crippen LogP contribution in [0.25, 0.3) is 0 Å². The SMILES string of the molecule is CC(C)(C)OC(=O)N1CCC(Nc2nccc(Cl)n2)CC1. The summed E-state index contributed by atoms with van der Waals surface area (Å²) in [6.07, 6.45) is 3.03. The van der Waals surface area contributed by atoms with E-state index < -0.39 is 5.60 Å². The molecule has 2 rings (SSSR count). The Hall–Kier alpha value is -1.56. The van der Waals surface area contributed by atoms with Crippen molar-refractivity contribution in [1.82, 2.24) is 14.9 Å². The number of hydrogen-bond donors (Lipinski definition) is 1. The van der Waals surface area contributed by atoms with Crippen molar-refractivity contribution in [3.05, 3.63) is 17.4 Å². The highest BCUT2D eigenvalue weighted by Gasteiger charge is 2.27. The molecule has 2 heterocycles. The van der Waals surface area contributed by atoms with E-state index in [2.05, 4.69) is 15.3 Å². The maximum absolute atomic E-state index is 12.0. The van der Waals surface area contributed by atoms with E-state index in [4.69, 9.17) is 16.3 Å². The lowest BCUT2D eigenvalue weighted by Crippen LogP contribution is -2.44. The lowest BCUT2D eigenvalue weighted by molar-refractivity contribution is 0.0210. The molecule has 0 aliphatic carbocycles. The molecule has 116 valence electrons. The van der Waals surface area contributed by atoms with Crippen LogP contribution in [0.1, 0.15) is 33.6 Å². The summed E-state index contributed by atoms with van der Waals surface area (Å²) in [6, 6.07) is 1.87. The van der Waals surface area contributed by atoms with Crippen molar-refractivity contribution in [2.75, 3.05) is 18.4 Å². The summed E-state index contributed by atoms with van der Waals surface area (Å²) in [7, 11) is 0. The smallest absolute Gasteiger partial charge is 0.410 e. The Morgan fingerprint density at radius 3 is 2.67 bits per heavy atom. The first kappa shape index (κ1) is 15.8. The molecule has 7 heteroatoms. The zero-order valence-corrected chi connectivity index (χ0v) is 13.4. The van der Waals surface area contributed by atoms with Gasteiger partial charge in [0.05, 0.1) is 0 Å². The number of nitrogens with one attached hydrogen (secondary N) is 1. The number of piperidine rings is 1. The fraction of sp³-hybridized carbons (Fsp3) is 0.643. The van der Waals surface area contributed by atoms with E-state index >= 15 is 0 Å². The number of carbonyl (C=O) groups is 1. The van der Waals surface area contributed by atoms with Crippen LogP contribution in [-0.2, 0) is 4.74 Å². The molecule has 1 aliphatic heterocycles. The minimum atomic E-state index is -0.458. The number of halogens is 1. The van der Waals surface area contributed by atoms with Gasteiger partial charge in [-0.25, -0.2) is 14.8 Å². The van der Waals surface area contributed by atoms with Crippen molar-refractivity contribution < 1.29 is 9.53 Å². The van der Waals surface area contributed by atoms with Crippen LogP contribution in [0.15, 0.2) is 12.3 Å². The van der Waals surface area contributed by atoms with Crippen LogP contribution in [0.3, 0.4) is 0 Å². The molecule has 0 bridgehead atoms. The number of anilines is 1. The van der Waals surface area contributed by atoms with Gasteiger partial charge in [-0.3, -0.25) is 0 Å². The summed E-state index contributed by atoms with van der Waals surface area (Å²) in [5.74, 6) is 0.526. The largest absolute Gasteiger partial charge is 0.444 e. The van der Waals surface area contributed by atoms with Gasteiger partial charge in [-0.1, -0.05) is 11.6 Å². The molecule has 0 unspecified atom stereocenters. The second-order valence-corrected chi connectivity index (χ2v) is 6.48. The van der Waals surface area contributed by atoms with Gasteiger partial charge in [0.1, 0.15) is 10.8 Å². The third-order valence-corrected chi connectivity index (χ3v) is 3.31. The van der Waals surface area contributed by atoms with Crippen LogP contribution in [0.5, 0.6) is 0 Å². The van der Waals surface area contributed by atoms with Crippen molar-refractivity contribution in [2.24, 2.45) is 0 Å². The van der Waals surface area contributed by atoms with Crippen molar-refractivity contribution in [3.63, 3.8) is 0 Å². The molecular formula is C14H21ClN4O2. The Kier molecular flexibility index (Phi) is 4.88. The Morgan fingerprint density at radius 2 is 2.10 bits per heavy atom. The summed E-state index contributed by atoms with van der Waals surface area (Å²) in [5, 5.41) is 3.66. The van der Waals surface area contributed by atoms with Gasteiger partial charge < -0.3 is 15.0 Å². The van der Waals surface area contributed by atoms with Gasteiger partial charge in [0.25, 0.3) is 0 Å². The van der Waals surface area contributed by atoms with E-state index in [0.29, 0.717) is 24.2 Å². The molecule has 0 spiro atoms. The van der Waals surface area contributed by atoms with Crippen LogP contribution >= 0.6 is 11.6 Å². The maximum Gasteiger partial charge on any atom is 0.410 e. The first-order valence-electron chi connectivity index (χ1n) is 7.06. The molecule has 1 N–H and O–H groups in total. The first-order valence-corrected chi connectivity index (χ1v) is 7.44. The molecule has 0 aromatic carbocycles. The second kappa shape index (κ2) is 6.47. The Balaban J connectivity index is 1.82. The molecule has 1 saturated heterocycles. The van der Waals surface area contributed by atoms with Crippen molar-refractivity contribution in [3.8, 4) is 0 Å². The minimum absolute atomic E-state index is 0.238. The molecule has 0 saturated carbocycles. The monoisotopic (exact) mass is 312 g/mol. The zero-order valence-electron chi connectivity index (χ0n) is 12.6. The lowest BCUT2D eigenvalue weighted by Gasteiger charge is -2.33. The third kappa shape index (κ3) is 5.04. The highest BCUT2D eigenvalue weighted by molar-refractivity contribution is 6.29. The molecule has 1 aromatic rings. The molecule has 0 radical (unpaired) electrons. The highest BCUT2D eigenvalue weighted by Crippen LogP contribution is 2.17. The average molecular weight is 313 g/mol. The fourth-order valence-electron chi connectivity index (χ4n) is 2.12. The normalized spacial score (nSPS) is 16.7. The van der Waals surface area contributed by atoms with Crippen LogP contribution < -0.4 is 5.32 Å². The number of carbonyl (C=O) groups excluding carboxylic acids is 1. The molecule has 1 aromatic heterocycles. The van der Waals surface area contributed by atoms with Crippen molar-refractivity contribution >= 4 is 23.6 Å². The third-order valence-electron chi connectivity index (χ3n) is 3.10. The molecular weight excluding hydrogens is 292 g/mol. The van der Waals surface area contributed by atoms with E-state index in [9.17, 15) is 4.79 Å². The van der Waals surface area contributed by atoms with E-state index in [1.807, 2.05) is 20.8 Å². The minimum Gasteiger partial charge on any atom is -0.444 e. The Morgan fingerprint density at radius 1 is 1.43 bits per heavy atom. The number of amides is 1. The number of hydrogen-bond acceptors (Lipinski definition) is 5. The number of likely N-dealkylation sites (tertiary alicyclic amines) is 1. The van der Waals surface area contributed by atoms with E-state index in [1.165, 1.54) is 0 Å². The molecule has 1 fully saturated rings. The van der Waals surface area contributed by atoms with Crippen LogP contribution in [0, 0.1) is 0 Å². The topological polar surface area (TPSA) is 67.3 Å². The van der Waals surface area contributed by atoms with Crippen LogP contribution in [-0.4, -0.2) is 45.7 Å². The lowest BCUT2D eigenvalue weighted by atomic mass is 10.1.